The molecule has 4 nitrogen and oxygen atoms in total. The largest absolute Gasteiger partial charge is 0.456 e. The van der Waals surface area contributed by atoms with Crippen molar-refractivity contribution in [3.05, 3.63) is 193 Å². The lowest BCUT2D eigenvalue weighted by atomic mass is 9.93. The zero-order valence-electron chi connectivity index (χ0n) is 28.6. The van der Waals surface area contributed by atoms with Gasteiger partial charge < -0.3 is 9.73 Å². The van der Waals surface area contributed by atoms with E-state index in [2.05, 4.69) is 145 Å². The highest BCUT2D eigenvalue weighted by atomic mass is 16.3. The fourth-order valence-electron chi connectivity index (χ4n) is 8.21. The lowest BCUT2D eigenvalue weighted by Crippen LogP contribution is -2.33. The number of rotatable bonds is 5. The fourth-order valence-corrected chi connectivity index (χ4v) is 8.21. The standard InChI is InChI=1S/C49H31N3O/c1-3-11-30(12-4-1)31-21-23-33(24-22-31)48-50-47(32-13-5-2-6-14-32)51-49(52-48)41-19-10-20-44-46(41)42-29-34(25-28-43(42)53-44)35-26-27-40-37-16-8-7-15-36(37)39-18-9-17-38(35)45(39)40/h1-29,48H,(H,50,51,52). The highest BCUT2D eigenvalue weighted by Crippen LogP contribution is 2.49. The number of fused-ring (bicyclic) bond motifs is 6. The molecule has 2 heterocycles. The average molecular weight is 678 g/mol. The molecule has 0 bridgehead atoms. The van der Waals surface area contributed by atoms with Gasteiger partial charge in [0, 0.05) is 21.9 Å². The molecular formula is C49H31N3O. The number of hydrogen-bond acceptors (Lipinski definition) is 4. The maximum atomic E-state index is 6.51. The average Bonchev–Trinajstić information content (AvgIpc) is 3.78. The predicted octanol–water partition coefficient (Wildman–Crippen LogP) is 12.2. The number of nitrogens with one attached hydrogen (secondary N) is 1. The third-order valence-corrected chi connectivity index (χ3v) is 10.7. The van der Waals surface area contributed by atoms with E-state index in [0.29, 0.717) is 5.84 Å². The third-order valence-electron chi connectivity index (χ3n) is 10.7. The van der Waals surface area contributed by atoms with Crippen molar-refractivity contribution in [2.45, 2.75) is 6.17 Å². The van der Waals surface area contributed by atoms with Gasteiger partial charge in [0.2, 0.25) is 0 Å². The fraction of sp³-hybridized carbons (Fsp3) is 0.0204. The number of benzene rings is 8. The Labute approximate surface area is 306 Å². The van der Waals surface area contributed by atoms with E-state index in [1.807, 2.05) is 36.4 Å². The Balaban J connectivity index is 1.06. The van der Waals surface area contributed by atoms with Crippen LogP contribution in [0.4, 0.5) is 0 Å². The van der Waals surface area contributed by atoms with Gasteiger partial charge in [0.05, 0.1) is 0 Å². The van der Waals surface area contributed by atoms with E-state index in [-0.39, 0.29) is 6.17 Å². The second-order valence-corrected chi connectivity index (χ2v) is 13.7. The first-order valence-corrected chi connectivity index (χ1v) is 18.0. The maximum absolute atomic E-state index is 6.51. The third kappa shape index (κ3) is 4.77. The molecule has 0 radical (unpaired) electrons. The van der Waals surface area contributed by atoms with Gasteiger partial charge in [-0.3, -0.25) is 0 Å². The number of aliphatic imine (C=N–C) groups is 2. The second-order valence-electron chi connectivity index (χ2n) is 13.7. The van der Waals surface area contributed by atoms with Crippen molar-refractivity contribution in [1.82, 2.24) is 5.32 Å². The summed E-state index contributed by atoms with van der Waals surface area (Å²) in [6.07, 6.45) is -0.329. The Hall–Kier alpha value is -7.04. The zero-order valence-corrected chi connectivity index (χ0v) is 28.6. The highest BCUT2D eigenvalue weighted by molar-refractivity contribution is 6.23. The first-order chi connectivity index (χ1) is 26.3. The Bertz CT molecular complexity index is 2930. The molecule has 1 aromatic heterocycles. The molecule has 9 aromatic rings. The van der Waals surface area contributed by atoms with Crippen molar-refractivity contribution in [2.24, 2.45) is 9.98 Å². The molecule has 1 N–H and O–H groups in total. The Morgan fingerprint density at radius 2 is 1.04 bits per heavy atom. The van der Waals surface area contributed by atoms with E-state index in [1.54, 1.807) is 0 Å². The van der Waals surface area contributed by atoms with Crippen molar-refractivity contribution < 1.29 is 4.42 Å². The highest BCUT2D eigenvalue weighted by Gasteiger charge is 2.25. The van der Waals surface area contributed by atoms with E-state index in [0.717, 1.165) is 50.0 Å². The van der Waals surface area contributed by atoms with E-state index in [4.69, 9.17) is 14.4 Å². The van der Waals surface area contributed by atoms with Crippen LogP contribution in [0.5, 0.6) is 0 Å². The van der Waals surface area contributed by atoms with Crippen molar-refractivity contribution in [1.29, 1.82) is 0 Å². The summed E-state index contributed by atoms with van der Waals surface area (Å²) in [5.41, 5.74) is 14.6. The lowest BCUT2D eigenvalue weighted by molar-refractivity contribution is 0.668. The molecule has 11 rings (SSSR count). The van der Waals surface area contributed by atoms with Crippen LogP contribution in [0, 0.1) is 0 Å². The summed E-state index contributed by atoms with van der Waals surface area (Å²) in [6, 6.07) is 62.1. The van der Waals surface area contributed by atoms with E-state index in [9.17, 15) is 0 Å². The number of furan rings is 1. The van der Waals surface area contributed by atoms with Gasteiger partial charge in [-0.05, 0) is 79.0 Å². The molecule has 0 saturated carbocycles. The van der Waals surface area contributed by atoms with Crippen LogP contribution in [0.15, 0.2) is 190 Å². The first kappa shape index (κ1) is 29.7. The lowest BCUT2D eigenvalue weighted by Gasteiger charge is -2.24. The summed E-state index contributed by atoms with van der Waals surface area (Å²) in [5, 5.41) is 8.26. The molecule has 0 amide bonds. The number of amidine groups is 2. The Morgan fingerprint density at radius 3 is 1.83 bits per heavy atom. The van der Waals surface area contributed by atoms with Gasteiger partial charge in [-0.2, -0.15) is 0 Å². The van der Waals surface area contributed by atoms with Crippen LogP contribution in [0.3, 0.4) is 0 Å². The minimum atomic E-state index is -0.329. The molecule has 2 aliphatic rings. The van der Waals surface area contributed by atoms with Crippen LogP contribution in [0.1, 0.15) is 22.9 Å². The monoisotopic (exact) mass is 677 g/mol. The smallest absolute Gasteiger partial charge is 0.160 e. The Kier molecular flexibility index (Phi) is 6.58. The molecule has 8 aromatic carbocycles. The molecule has 1 atom stereocenters. The molecule has 0 saturated heterocycles. The minimum absolute atomic E-state index is 0.329. The molecule has 0 spiro atoms. The topological polar surface area (TPSA) is 49.9 Å². The quantitative estimate of drug-likeness (QED) is 0.197. The van der Waals surface area contributed by atoms with Crippen LogP contribution in [0.2, 0.25) is 0 Å². The van der Waals surface area contributed by atoms with Gasteiger partial charge in [-0.25, -0.2) is 9.98 Å². The van der Waals surface area contributed by atoms with Gasteiger partial charge in [-0.15, -0.1) is 0 Å². The van der Waals surface area contributed by atoms with Crippen molar-refractivity contribution >= 4 is 44.4 Å². The van der Waals surface area contributed by atoms with Crippen molar-refractivity contribution in [2.75, 3.05) is 0 Å². The summed E-state index contributed by atoms with van der Waals surface area (Å²) in [4.78, 5) is 10.5. The summed E-state index contributed by atoms with van der Waals surface area (Å²) in [5.74, 6) is 1.45. The SMILES string of the molecule is c1ccc(C2=NC(c3cccc4oc5ccc(-c6ccc7c8c(cccc68)-c6ccccc6-7)cc5c34)=NC(c3ccc(-c4ccccc4)cc3)N2)cc1. The molecule has 248 valence electrons. The summed E-state index contributed by atoms with van der Waals surface area (Å²) < 4.78 is 6.51. The summed E-state index contributed by atoms with van der Waals surface area (Å²) >= 11 is 0. The number of nitrogens with zero attached hydrogens (tertiary/aromatic N) is 2. The van der Waals surface area contributed by atoms with E-state index in [1.165, 1.54) is 49.7 Å². The normalized spacial score (nSPS) is 14.6. The molecule has 4 heteroatoms. The van der Waals surface area contributed by atoms with Gasteiger partial charge in [0.15, 0.2) is 5.84 Å². The van der Waals surface area contributed by atoms with Gasteiger partial charge in [0.1, 0.15) is 23.2 Å². The van der Waals surface area contributed by atoms with E-state index >= 15 is 0 Å². The van der Waals surface area contributed by atoms with Gasteiger partial charge in [0.25, 0.3) is 0 Å². The molecule has 0 fully saturated rings. The van der Waals surface area contributed by atoms with Crippen molar-refractivity contribution in [3.63, 3.8) is 0 Å². The van der Waals surface area contributed by atoms with E-state index < -0.39 is 0 Å². The second kappa shape index (κ2) is 11.8. The summed E-state index contributed by atoms with van der Waals surface area (Å²) in [6.45, 7) is 0. The van der Waals surface area contributed by atoms with Crippen LogP contribution < -0.4 is 5.32 Å². The molecule has 1 aliphatic carbocycles. The van der Waals surface area contributed by atoms with Gasteiger partial charge in [-0.1, -0.05) is 158 Å². The minimum Gasteiger partial charge on any atom is -0.456 e. The van der Waals surface area contributed by atoms with Crippen LogP contribution >= 0.6 is 0 Å². The van der Waals surface area contributed by atoms with Crippen LogP contribution in [-0.4, -0.2) is 11.7 Å². The summed E-state index contributed by atoms with van der Waals surface area (Å²) in [7, 11) is 0. The molecule has 53 heavy (non-hydrogen) atoms. The Morgan fingerprint density at radius 1 is 0.415 bits per heavy atom. The molecule has 1 aliphatic heterocycles. The maximum Gasteiger partial charge on any atom is 0.160 e. The molecular weight excluding hydrogens is 647 g/mol. The predicted molar refractivity (Wildman–Crippen MR) is 218 cm³/mol. The van der Waals surface area contributed by atoms with Crippen LogP contribution in [0.25, 0.3) is 77.2 Å². The number of hydrogen-bond donors (Lipinski definition) is 1. The van der Waals surface area contributed by atoms with Crippen molar-refractivity contribution in [3.8, 4) is 44.5 Å². The molecule has 1 unspecified atom stereocenters. The van der Waals surface area contributed by atoms with Crippen LogP contribution in [-0.2, 0) is 0 Å². The zero-order chi connectivity index (χ0) is 34.9. The van der Waals surface area contributed by atoms with Gasteiger partial charge >= 0.3 is 0 Å². The first-order valence-electron chi connectivity index (χ1n) is 18.0.